The normalized spacial score (nSPS) is 13.3. The van der Waals surface area contributed by atoms with E-state index >= 15 is 0 Å². The Hall–Kier alpha value is -1.50. The topological polar surface area (TPSA) is 71.1 Å². The van der Waals surface area contributed by atoms with Gasteiger partial charge in [-0.15, -0.1) is 0 Å². The lowest BCUT2D eigenvalue weighted by molar-refractivity contribution is 0.528. The Morgan fingerprint density at radius 3 is 2.78 bits per heavy atom. The lowest BCUT2D eigenvalue weighted by atomic mass is 10.2. The third-order valence-corrected chi connectivity index (χ3v) is 5.27. The Kier molecular flexibility index (Phi) is 6.50. The molecule has 1 heterocycles. The molecule has 2 rings (SSSR count). The van der Waals surface area contributed by atoms with Crippen LogP contribution in [-0.2, 0) is 10.0 Å². The standard InChI is InChI=1S/C17H25N3O2S/c1-3-4-5-9-18-12-14(2)20-23(21,22)17-7-6-16-13-19-10-8-15(16)11-17/h6-8,10-11,13-14,18,20H,3-5,9,12H2,1-2H3/t14-/m1/s1. The molecular formula is C17H25N3O2S. The van der Waals surface area contributed by atoms with E-state index in [4.69, 9.17) is 0 Å². The van der Waals surface area contributed by atoms with Gasteiger partial charge in [0.15, 0.2) is 0 Å². The van der Waals surface area contributed by atoms with E-state index < -0.39 is 10.0 Å². The van der Waals surface area contributed by atoms with Crippen LogP contribution in [0.25, 0.3) is 10.8 Å². The maximum atomic E-state index is 12.5. The number of fused-ring (bicyclic) bond motifs is 1. The van der Waals surface area contributed by atoms with E-state index in [1.54, 1.807) is 30.6 Å². The first kappa shape index (κ1) is 17.8. The zero-order valence-electron chi connectivity index (χ0n) is 13.7. The second kappa shape index (κ2) is 8.38. The average molecular weight is 335 g/mol. The summed E-state index contributed by atoms with van der Waals surface area (Å²) in [6, 6.07) is 6.74. The molecule has 0 amide bonds. The zero-order valence-corrected chi connectivity index (χ0v) is 14.6. The Bertz CT molecular complexity index is 731. The summed E-state index contributed by atoms with van der Waals surface area (Å²) >= 11 is 0. The number of unbranched alkanes of at least 4 members (excludes halogenated alkanes) is 2. The lowest BCUT2D eigenvalue weighted by Gasteiger charge is -2.15. The molecule has 1 atom stereocenters. The van der Waals surface area contributed by atoms with Crippen molar-refractivity contribution in [3.05, 3.63) is 36.7 Å². The molecule has 0 saturated heterocycles. The highest BCUT2D eigenvalue weighted by Crippen LogP contribution is 2.18. The number of nitrogens with one attached hydrogen (secondary N) is 2. The molecule has 1 aromatic heterocycles. The first-order valence-electron chi connectivity index (χ1n) is 8.10. The van der Waals surface area contributed by atoms with Crippen LogP contribution in [0.15, 0.2) is 41.6 Å². The highest BCUT2D eigenvalue weighted by atomic mass is 32.2. The summed E-state index contributed by atoms with van der Waals surface area (Å²) in [5.41, 5.74) is 0. The molecule has 0 spiro atoms. The van der Waals surface area contributed by atoms with Gasteiger partial charge in [-0.1, -0.05) is 25.8 Å². The van der Waals surface area contributed by atoms with E-state index in [-0.39, 0.29) is 10.9 Å². The Balaban J connectivity index is 1.96. The predicted molar refractivity (Wildman–Crippen MR) is 93.9 cm³/mol. The molecule has 0 saturated carbocycles. The van der Waals surface area contributed by atoms with Crippen molar-refractivity contribution in [1.82, 2.24) is 15.0 Å². The first-order chi connectivity index (χ1) is 11.0. The lowest BCUT2D eigenvalue weighted by Crippen LogP contribution is -2.40. The van der Waals surface area contributed by atoms with Crippen molar-refractivity contribution in [2.24, 2.45) is 0 Å². The van der Waals surface area contributed by atoms with Crippen LogP contribution in [0.3, 0.4) is 0 Å². The maximum absolute atomic E-state index is 12.5. The molecule has 0 aliphatic heterocycles. The van der Waals surface area contributed by atoms with Crippen molar-refractivity contribution in [3.63, 3.8) is 0 Å². The third kappa shape index (κ3) is 5.27. The molecule has 0 unspecified atom stereocenters. The van der Waals surface area contributed by atoms with Crippen LogP contribution >= 0.6 is 0 Å². The fourth-order valence-corrected chi connectivity index (χ4v) is 3.70. The monoisotopic (exact) mass is 335 g/mol. The number of sulfonamides is 1. The molecule has 1 aromatic carbocycles. The summed E-state index contributed by atoms with van der Waals surface area (Å²) < 4.78 is 27.7. The summed E-state index contributed by atoms with van der Waals surface area (Å²) in [4.78, 5) is 4.32. The van der Waals surface area contributed by atoms with Crippen molar-refractivity contribution >= 4 is 20.8 Å². The molecular weight excluding hydrogens is 310 g/mol. The molecule has 0 aliphatic carbocycles. The van der Waals surface area contributed by atoms with Gasteiger partial charge in [0, 0.05) is 30.4 Å². The highest BCUT2D eigenvalue weighted by molar-refractivity contribution is 7.89. The van der Waals surface area contributed by atoms with E-state index in [0.29, 0.717) is 6.54 Å². The maximum Gasteiger partial charge on any atom is 0.240 e. The minimum absolute atomic E-state index is 0.158. The second-order valence-electron chi connectivity index (χ2n) is 5.82. The van der Waals surface area contributed by atoms with Crippen LogP contribution < -0.4 is 10.0 Å². The molecule has 0 fully saturated rings. The van der Waals surface area contributed by atoms with Gasteiger partial charge in [0.2, 0.25) is 10.0 Å². The van der Waals surface area contributed by atoms with Crippen molar-refractivity contribution in [2.45, 2.75) is 44.0 Å². The summed E-state index contributed by atoms with van der Waals surface area (Å²) in [7, 11) is -3.51. The predicted octanol–water partition coefficient (Wildman–Crippen LogP) is 2.68. The summed E-state index contributed by atoms with van der Waals surface area (Å²) in [5.74, 6) is 0. The third-order valence-electron chi connectivity index (χ3n) is 3.69. The number of aromatic nitrogens is 1. The van der Waals surface area contributed by atoms with Crippen LogP contribution in [0.1, 0.15) is 33.1 Å². The van der Waals surface area contributed by atoms with Gasteiger partial charge >= 0.3 is 0 Å². The molecule has 2 aromatic rings. The van der Waals surface area contributed by atoms with Gasteiger partial charge in [0.25, 0.3) is 0 Å². The quantitative estimate of drug-likeness (QED) is 0.691. The van der Waals surface area contributed by atoms with Crippen LogP contribution in [0.4, 0.5) is 0 Å². The molecule has 6 heteroatoms. The first-order valence-corrected chi connectivity index (χ1v) is 9.58. The number of hydrogen-bond donors (Lipinski definition) is 2. The van der Waals surface area contributed by atoms with Gasteiger partial charge in [0.1, 0.15) is 0 Å². The van der Waals surface area contributed by atoms with Gasteiger partial charge in [-0.05, 0) is 43.5 Å². The molecule has 5 nitrogen and oxygen atoms in total. The number of nitrogens with zero attached hydrogens (tertiary/aromatic N) is 1. The molecule has 0 bridgehead atoms. The van der Waals surface area contributed by atoms with Crippen molar-refractivity contribution in [1.29, 1.82) is 0 Å². The average Bonchev–Trinajstić information content (AvgIpc) is 2.53. The minimum Gasteiger partial charge on any atom is -0.315 e. The highest BCUT2D eigenvalue weighted by Gasteiger charge is 2.17. The molecule has 0 aliphatic rings. The molecule has 126 valence electrons. The van der Waals surface area contributed by atoms with Crippen LogP contribution in [0.5, 0.6) is 0 Å². The fourth-order valence-electron chi connectivity index (χ4n) is 2.42. The SMILES string of the molecule is CCCCCNC[C@@H](C)NS(=O)(=O)c1ccc2cnccc2c1. The van der Waals surface area contributed by atoms with Gasteiger partial charge in [-0.3, -0.25) is 4.98 Å². The van der Waals surface area contributed by atoms with Gasteiger partial charge in [-0.2, -0.15) is 0 Å². The van der Waals surface area contributed by atoms with E-state index in [1.807, 2.05) is 13.0 Å². The fraction of sp³-hybridized carbons (Fsp3) is 0.471. The van der Waals surface area contributed by atoms with Crippen LogP contribution in [-0.4, -0.2) is 32.5 Å². The van der Waals surface area contributed by atoms with E-state index in [9.17, 15) is 8.42 Å². The van der Waals surface area contributed by atoms with E-state index in [2.05, 4.69) is 21.9 Å². The van der Waals surface area contributed by atoms with Crippen LogP contribution in [0.2, 0.25) is 0 Å². The van der Waals surface area contributed by atoms with Crippen molar-refractivity contribution < 1.29 is 8.42 Å². The second-order valence-corrected chi connectivity index (χ2v) is 7.53. The van der Waals surface area contributed by atoms with Crippen molar-refractivity contribution in [2.75, 3.05) is 13.1 Å². The summed E-state index contributed by atoms with van der Waals surface area (Å²) in [6.45, 7) is 5.58. The Morgan fingerprint density at radius 1 is 1.17 bits per heavy atom. The van der Waals surface area contributed by atoms with Crippen molar-refractivity contribution in [3.8, 4) is 0 Å². The zero-order chi connectivity index (χ0) is 16.7. The van der Waals surface area contributed by atoms with Gasteiger partial charge < -0.3 is 5.32 Å². The molecule has 2 N–H and O–H groups in total. The smallest absolute Gasteiger partial charge is 0.240 e. The Labute approximate surface area is 138 Å². The minimum atomic E-state index is -3.51. The number of pyridine rings is 1. The summed E-state index contributed by atoms with van der Waals surface area (Å²) in [6.07, 6.45) is 6.88. The summed E-state index contributed by atoms with van der Waals surface area (Å²) in [5, 5.41) is 5.09. The Morgan fingerprint density at radius 2 is 2.00 bits per heavy atom. The number of hydrogen-bond acceptors (Lipinski definition) is 4. The largest absolute Gasteiger partial charge is 0.315 e. The van der Waals surface area contributed by atoms with Gasteiger partial charge in [0.05, 0.1) is 4.90 Å². The molecule has 0 radical (unpaired) electrons. The van der Waals surface area contributed by atoms with E-state index in [1.165, 1.54) is 12.8 Å². The number of benzene rings is 1. The number of rotatable bonds is 9. The van der Waals surface area contributed by atoms with Crippen LogP contribution in [0, 0.1) is 0 Å². The van der Waals surface area contributed by atoms with Gasteiger partial charge in [-0.25, -0.2) is 13.1 Å². The molecule has 23 heavy (non-hydrogen) atoms. The van der Waals surface area contributed by atoms with E-state index in [0.717, 1.165) is 23.7 Å².